The molecule has 468 valence electrons. The van der Waals surface area contributed by atoms with Crippen molar-refractivity contribution in [1.29, 1.82) is 0 Å². The van der Waals surface area contributed by atoms with Gasteiger partial charge >= 0.3 is 11.9 Å². The molecule has 4 aromatic rings. The van der Waals surface area contributed by atoms with Crippen LogP contribution in [0.1, 0.15) is 137 Å². The van der Waals surface area contributed by atoms with Crippen LogP contribution in [0.4, 0.5) is 15.8 Å². The molecule has 1 amide bonds. The van der Waals surface area contributed by atoms with Gasteiger partial charge in [-0.25, -0.2) is 9.18 Å². The second kappa shape index (κ2) is 24.2. The number of aliphatic hydroxyl groups is 2. The number of nitrogens with zero attached hydrogens (tertiary/aromatic N) is 4. The summed E-state index contributed by atoms with van der Waals surface area (Å²) in [4.78, 5) is 69.0. The molecule has 0 radical (unpaired) electrons. The van der Waals surface area contributed by atoms with Crippen LogP contribution >= 0.6 is 0 Å². The number of ether oxygens (including phenoxy) is 4. The molecule has 1 unspecified atom stereocenters. The number of aromatic hydroxyl groups is 3. The zero-order valence-electron chi connectivity index (χ0n) is 51.0. The van der Waals surface area contributed by atoms with E-state index in [-0.39, 0.29) is 85.5 Å². The Kier molecular flexibility index (Phi) is 17.4. The van der Waals surface area contributed by atoms with Crippen molar-refractivity contribution in [3.63, 3.8) is 0 Å². The normalized spacial score (nSPS) is 28.2. The number of carboxylic acid groups (broad SMARTS) is 1. The number of allylic oxidation sites excluding steroid dienone is 2. The molecule has 10 atom stereocenters. The molecule has 5 heterocycles. The summed E-state index contributed by atoms with van der Waals surface area (Å²) in [6.45, 7) is 14.9. The zero-order chi connectivity index (χ0) is 62.9. The lowest BCUT2D eigenvalue weighted by Crippen LogP contribution is -2.49. The number of anilines is 2. The molecule has 0 spiro atoms. The van der Waals surface area contributed by atoms with Gasteiger partial charge < -0.3 is 69.7 Å². The summed E-state index contributed by atoms with van der Waals surface area (Å²) in [5.41, 5.74) is -2.02. The average Bonchev–Trinajstić information content (AvgIpc) is 1.64. The Bertz CT molecular complexity index is 3620. The number of hydrazone groups is 1. The number of hydrogen-bond acceptors (Lipinski definition) is 18. The third-order valence-electron chi connectivity index (χ3n) is 19.5. The van der Waals surface area contributed by atoms with Gasteiger partial charge in [0.05, 0.1) is 65.4 Å². The monoisotopic (exact) mass is 1200 g/mol. The fourth-order valence-electron chi connectivity index (χ4n) is 13.9. The van der Waals surface area contributed by atoms with E-state index in [4.69, 9.17) is 24.0 Å². The molecule has 1 aromatic heterocycles. The number of Topliss-reactive ketones (excluding diaryl/α,β-unsaturated/α-hetero) is 1. The minimum absolute atomic E-state index is 0.00420. The van der Waals surface area contributed by atoms with Gasteiger partial charge in [0.25, 0.3) is 5.91 Å². The van der Waals surface area contributed by atoms with Crippen LogP contribution in [0, 0.1) is 42.3 Å². The van der Waals surface area contributed by atoms with Crippen molar-refractivity contribution in [2.24, 2.45) is 34.7 Å². The lowest BCUT2D eigenvalue weighted by atomic mass is 9.78. The smallest absolute Gasteiger partial charge is 0.341 e. The van der Waals surface area contributed by atoms with Crippen molar-refractivity contribution in [3.8, 4) is 23.0 Å². The summed E-state index contributed by atoms with van der Waals surface area (Å²) in [5.74, 6) is -7.69. The van der Waals surface area contributed by atoms with E-state index >= 15 is 4.39 Å². The molecule has 87 heavy (non-hydrogen) atoms. The van der Waals surface area contributed by atoms with Crippen LogP contribution in [0.15, 0.2) is 58.3 Å². The molecule has 4 fully saturated rings. The van der Waals surface area contributed by atoms with Crippen LogP contribution in [-0.2, 0) is 30.2 Å². The van der Waals surface area contributed by atoms with E-state index in [1.165, 1.54) is 52.8 Å². The Morgan fingerprint density at radius 2 is 1.61 bits per heavy atom. The molecular weight excluding hydrogens is 1120 g/mol. The number of aliphatic hydroxyl groups excluding tert-OH is 2. The minimum Gasteiger partial charge on any atom is -0.507 e. The van der Waals surface area contributed by atoms with Crippen molar-refractivity contribution in [1.82, 2.24) is 14.9 Å². The number of halogens is 1. The molecular formula is C65H81FN6O15. The van der Waals surface area contributed by atoms with Crippen molar-refractivity contribution >= 4 is 62.9 Å². The first-order valence-electron chi connectivity index (χ1n) is 30.1. The van der Waals surface area contributed by atoms with Gasteiger partial charge in [-0.15, -0.1) is 0 Å². The summed E-state index contributed by atoms with van der Waals surface area (Å²) >= 11 is 0. The quantitative estimate of drug-likeness (QED) is 0.0306. The van der Waals surface area contributed by atoms with Crippen LogP contribution in [0.2, 0.25) is 0 Å². The van der Waals surface area contributed by atoms with Gasteiger partial charge in [0, 0.05) is 111 Å². The predicted molar refractivity (Wildman–Crippen MR) is 324 cm³/mol. The third-order valence-corrected chi connectivity index (χ3v) is 19.5. The molecule has 8 N–H and O–H groups in total. The van der Waals surface area contributed by atoms with Crippen molar-refractivity contribution < 1.29 is 73.2 Å². The number of nitrogens with one attached hydrogen (secondary N) is 2. The summed E-state index contributed by atoms with van der Waals surface area (Å²) in [6, 6.07) is 1.21. The Morgan fingerprint density at radius 3 is 2.24 bits per heavy atom. The number of carbonyl (C=O) groups is 4. The highest BCUT2D eigenvalue weighted by Gasteiger charge is 2.53. The van der Waals surface area contributed by atoms with Gasteiger partial charge in [-0.3, -0.25) is 24.2 Å². The molecule has 7 aliphatic rings. The van der Waals surface area contributed by atoms with Crippen LogP contribution in [0.5, 0.6) is 23.0 Å². The molecule has 2 saturated heterocycles. The number of piperidine rings is 1. The number of methoxy groups -OCH3 is 2. The molecule has 5 bridgehead atoms. The Labute approximate surface area is 504 Å². The standard InChI is InChI=1S/C65H81FN6O15/c1-31-12-11-13-32(2)62(81)68-50-43(57(78)48-47-42(33(3)55(76)49(48)58(50)79)27-64(8,61(47)80)86-25-19-46(84-9)34(4)59(87-37(7)73)36(6)54(75)35(5)53(31)74)28-67-71-23-17-39(18-24-71)69-65(20-21-65)38-16-22-70(29-38)52-45(66)26-41-51(60(52)85-10)72(40-14-15-40)30-44(56(41)77)63(82)83/h11-13,19,25-26,28,30-31,34-36,38-40,46,53-54,59,69,74-76,78-79H,14-18,20-24,27,29H2,1-10H3,(H,68,81)(H,82,83)/t31-,34+,35+,36+,38?,46-,53-,54+,59+,64-/m0/s1. The van der Waals surface area contributed by atoms with E-state index in [0.29, 0.717) is 50.1 Å². The zero-order valence-corrected chi connectivity index (χ0v) is 51.0. The number of esters is 1. The van der Waals surface area contributed by atoms with E-state index in [1.807, 2.05) is 9.91 Å². The number of benzene rings is 3. The lowest BCUT2D eigenvalue weighted by Gasteiger charge is -2.38. The van der Waals surface area contributed by atoms with E-state index < -0.39 is 111 Å². The maximum Gasteiger partial charge on any atom is 0.341 e. The maximum absolute atomic E-state index is 16.3. The lowest BCUT2D eigenvalue weighted by molar-refractivity contribution is -0.160. The summed E-state index contributed by atoms with van der Waals surface area (Å²) in [7, 11) is 2.90. The molecule has 3 aromatic carbocycles. The van der Waals surface area contributed by atoms with Gasteiger partial charge in [-0.2, -0.15) is 5.10 Å². The van der Waals surface area contributed by atoms with E-state index in [1.54, 1.807) is 64.3 Å². The second-order valence-electron chi connectivity index (χ2n) is 25.3. The van der Waals surface area contributed by atoms with E-state index in [9.17, 15) is 54.6 Å². The Balaban J connectivity index is 0.924. The number of aromatic carboxylic acids is 1. The predicted octanol–water partition coefficient (Wildman–Crippen LogP) is 7.90. The molecule has 4 aliphatic heterocycles. The van der Waals surface area contributed by atoms with Gasteiger partial charge in [-0.05, 0) is 94.9 Å². The van der Waals surface area contributed by atoms with Gasteiger partial charge in [0.15, 0.2) is 22.9 Å². The van der Waals surface area contributed by atoms with Crippen molar-refractivity contribution in [2.45, 2.75) is 154 Å². The fraction of sp³-hybridized carbons (Fsp3) is 0.538. The first-order chi connectivity index (χ1) is 41.3. The Hall–Kier alpha value is -7.53. The molecule has 3 aliphatic carbocycles. The maximum atomic E-state index is 16.3. The minimum atomic E-state index is -1.61. The number of aromatic nitrogens is 1. The SMILES string of the molecule is COc1c(N2CCC(C3(NC4CCN(N=Cc5c6c(O)c7c(O)c(C)c8c(c7c5O)C(=O)[C@](C)(C8)OC=C[C@H](OC)[C@@H](C)[C@@H](OC(C)=O)[C@H](C)[C@H](O)[C@H](C)[C@@H](O)[C@@H](C)C=CC=C(C)C(=O)N6)CC4)CC3)C2)c(F)cc2c(=O)c(C(=O)O)cn(C3CC3)c12. The van der Waals surface area contributed by atoms with Gasteiger partial charge in [-0.1, -0.05) is 45.9 Å². The van der Waals surface area contributed by atoms with E-state index in [2.05, 4.69) is 10.6 Å². The number of carbonyl (C=O) groups excluding carboxylic acids is 3. The number of hydrogen-bond donors (Lipinski definition) is 8. The highest BCUT2D eigenvalue weighted by Crippen LogP contribution is 2.54. The average molecular weight is 1210 g/mol. The number of fused-ring (bicyclic) bond motifs is 15. The largest absolute Gasteiger partial charge is 0.507 e. The number of phenolic OH excluding ortho intramolecular Hbond substituents is 3. The fourth-order valence-corrected chi connectivity index (χ4v) is 13.9. The first kappa shape index (κ1) is 62.5. The highest BCUT2D eigenvalue weighted by atomic mass is 19.1. The number of rotatable bonds is 11. The summed E-state index contributed by atoms with van der Waals surface area (Å²) < 4.78 is 42.0. The van der Waals surface area contributed by atoms with Gasteiger partial charge in [0.1, 0.15) is 28.9 Å². The molecule has 21 nitrogen and oxygen atoms in total. The molecule has 22 heteroatoms. The van der Waals surface area contributed by atoms with Crippen molar-refractivity contribution in [2.75, 3.05) is 50.6 Å². The van der Waals surface area contributed by atoms with Crippen LogP contribution < -0.4 is 25.7 Å². The summed E-state index contributed by atoms with van der Waals surface area (Å²) in [6.07, 6.45) is 11.9. The van der Waals surface area contributed by atoms with Crippen LogP contribution in [0.3, 0.4) is 0 Å². The van der Waals surface area contributed by atoms with Gasteiger partial charge in [0.2, 0.25) is 11.2 Å². The number of carboxylic acids is 1. The molecule has 11 rings (SSSR count). The van der Waals surface area contributed by atoms with E-state index in [0.717, 1.165) is 38.2 Å². The second-order valence-corrected chi connectivity index (χ2v) is 25.3. The van der Waals surface area contributed by atoms with Crippen LogP contribution in [-0.4, -0.2) is 152 Å². The third kappa shape index (κ3) is 11.5. The number of ketones is 1. The van der Waals surface area contributed by atoms with Crippen LogP contribution in [0.25, 0.3) is 21.7 Å². The number of amides is 1. The number of pyridine rings is 1. The number of phenols is 3. The first-order valence-corrected chi connectivity index (χ1v) is 30.1. The van der Waals surface area contributed by atoms with Crippen molar-refractivity contribution in [3.05, 3.63) is 92.3 Å². The topological polar surface area (TPSA) is 291 Å². The Morgan fingerprint density at radius 1 is 0.908 bits per heavy atom. The summed E-state index contributed by atoms with van der Waals surface area (Å²) in [5, 5.41) is 82.7. The molecule has 2 saturated carbocycles. The highest BCUT2D eigenvalue weighted by molar-refractivity contribution is 6.23.